The summed E-state index contributed by atoms with van der Waals surface area (Å²) in [5.74, 6) is 0.124. The fraction of sp³-hybridized carbons (Fsp3) is 0.364. The molecule has 0 heterocycles. The van der Waals surface area contributed by atoms with Crippen LogP contribution in [0.5, 0.6) is 0 Å². The summed E-state index contributed by atoms with van der Waals surface area (Å²) in [6.07, 6.45) is 3.01. The Balaban J connectivity index is 1.40. The maximum atomic E-state index is 12.4. The fourth-order valence-electron chi connectivity index (χ4n) is 3.52. The van der Waals surface area contributed by atoms with E-state index >= 15 is 0 Å². The molecule has 2 aromatic rings. The van der Waals surface area contributed by atoms with Crippen LogP contribution in [0.2, 0.25) is 5.02 Å². The maximum absolute atomic E-state index is 12.4. The minimum absolute atomic E-state index is 0.00123. The van der Waals surface area contributed by atoms with Crippen LogP contribution < -0.4 is 10.6 Å². The molecule has 3 rings (SSSR count). The Hall–Kier alpha value is -2.33. The highest BCUT2D eigenvalue weighted by atomic mass is 35.5. The molecule has 1 aliphatic carbocycles. The summed E-state index contributed by atoms with van der Waals surface area (Å²) in [4.78, 5) is 24.8. The first-order valence-electron chi connectivity index (χ1n) is 9.46. The van der Waals surface area contributed by atoms with Gasteiger partial charge in [-0.2, -0.15) is 0 Å². The third kappa shape index (κ3) is 5.57. The number of nitrogens with one attached hydrogen (secondary N) is 2. The van der Waals surface area contributed by atoms with Gasteiger partial charge in [0.15, 0.2) is 0 Å². The van der Waals surface area contributed by atoms with Crippen molar-refractivity contribution < 1.29 is 9.59 Å². The van der Waals surface area contributed by atoms with Gasteiger partial charge in [-0.05, 0) is 42.9 Å². The number of rotatable bonds is 6. The number of hydrogen-bond acceptors (Lipinski definition) is 2. The van der Waals surface area contributed by atoms with E-state index in [2.05, 4.69) is 10.6 Å². The molecular weight excluding hydrogens is 360 g/mol. The smallest absolute Gasteiger partial charge is 0.223 e. The van der Waals surface area contributed by atoms with E-state index in [1.54, 1.807) is 0 Å². The van der Waals surface area contributed by atoms with E-state index in [0.717, 1.165) is 36.8 Å². The van der Waals surface area contributed by atoms with E-state index in [9.17, 15) is 9.59 Å². The van der Waals surface area contributed by atoms with Gasteiger partial charge in [0, 0.05) is 29.9 Å². The van der Waals surface area contributed by atoms with Crippen LogP contribution >= 0.6 is 11.6 Å². The first kappa shape index (κ1) is 19.4. The Kier molecular flexibility index (Phi) is 6.88. The van der Waals surface area contributed by atoms with Crippen molar-refractivity contribution in [1.82, 2.24) is 10.6 Å². The van der Waals surface area contributed by atoms with E-state index in [-0.39, 0.29) is 23.7 Å². The number of benzene rings is 2. The molecule has 142 valence electrons. The van der Waals surface area contributed by atoms with Crippen molar-refractivity contribution in [3.05, 3.63) is 70.7 Å². The summed E-state index contributed by atoms with van der Waals surface area (Å²) >= 11 is 6.13. The number of halogens is 1. The molecule has 2 amide bonds. The average molecular weight is 385 g/mol. The summed E-state index contributed by atoms with van der Waals surface area (Å²) in [6.45, 7) is 0.994. The molecule has 1 saturated carbocycles. The third-order valence-electron chi connectivity index (χ3n) is 5.19. The second kappa shape index (κ2) is 9.56. The van der Waals surface area contributed by atoms with Crippen molar-refractivity contribution in [3.63, 3.8) is 0 Å². The predicted octanol–water partition coefficient (Wildman–Crippen LogP) is 4.08. The normalized spacial score (nSPS) is 19.3. The van der Waals surface area contributed by atoms with Crippen molar-refractivity contribution in [2.75, 3.05) is 0 Å². The van der Waals surface area contributed by atoms with E-state index in [4.69, 9.17) is 11.6 Å². The highest BCUT2D eigenvalue weighted by Crippen LogP contribution is 2.29. The lowest BCUT2D eigenvalue weighted by molar-refractivity contribution is -0.130. The second-order valence-electron chi connectivity index (χ2n) is 7.06. The Morgan fingerprint density at radius 3 is 1.89 bits per heavy atom. The van der Waals surface area contributed by atoms with Crippen LogP contribution in [0.4, 0.5) is 0 Å². The molecule has 0 unspecified atom stereocenters. The van der Waals surface area contributed by atoms with Crippen LogP contribution in [0.15, 0.2) is 54.6 Å². The SMILES string of the molecule is O=C(NCc1ccccc1)C1CCC(C(=O)NCc2ccccc2Cl)CC1. The topological polar surface area (TPSA) is 58.2 Å². The van der Waals surface area contributed by atoms with Crippen LogP contribution in [0, 0.1) is 11.8 Å². The molecule has 0 saturated heterocycles. The molecule has 27 heavy (non-hydrogen) atoms. The van der Waals surface area contributed by atoms with Crippen molar-refractivity contribution in [1.29, 1.82) is 0 Å². The van der Waals surface area contributed by atoms with Crippen molar-refractivity contribution in [3.8, 4) is 0 Å². The Morgan fingerprint density at radius 1 is 0.778 bits per heavy atom. The van der Waals surface area contributed by atoms with Gasteiger partial charge in [-0.25, -0.2) is 0 Å². The Bertz CT molecular complexity index is 771. The first-order chi connectivity index (χ1) is 13.1. The van der Waals surface area contributed by atoms with Crippen LogP contribution in [0.1, 0.15) is 36.8 Å². The number of carbonyl (C=O) groups is 2. The summed E-state index contributed by atoms with van der Waals surface area (Å²) in [5.41, 5.74) is 2.01. The van der Waals surface area contributed by atoms with Crippen LogP contribution in [0.3, 0.4) is 0 Å². The number of hydrogen-bond donors (Lipinski definition) is 2. The van der Waals surface area contributed by atoms with Gasteiger partial charge in [0.2, 0.25) is 11.8 Å². The van der Waals surface area contributed by atoms with Gasteiger partial charge in [0.05, 0.1) is 0 Å². The van der Waals surface area contributed by atoms with E-state index < -0.39 is 0 Å². The molecule has 0 spiro atoms. The molecule has 0 aliphatic heterocycles. The maximum Gasteiger partial charge on any atom is 0.223 e. The molecule has 2 aromatic carbocycles. The van der Waals surface area contributed by atoms with E-state index in [1.165, 1.54) is 0 Å². The van der Waals surface area contributed by atoms with Crippen molar-refractivity contribution in [2.45, 2.75) is 38.8 Å². The van der Waals surface area contributed by atoms with E-state index in [1.807, 2.05) is 54.6 Å². The van der Waals surface area contributed by atoms with Crippen molar-refractivity contribution >= 4 is 23.4 Å². The van der Waals surface area contributed by atoms with Gasteiger partial charge >= 0.3 is 0 Å². The molecular formula is C22H25ClN2O2. The quantitative estimate of drug-likeness (QED) is 0.788. The standard InChI is InChI=1S/C22H25ClN2O2/c23-20-9-5-4-8-19(20)15-25-22(27)18-12-10-17(11-13-18)21(26)24-14-16-6-2-1-3-7-16/h1-9,17-18H,10-15H2,(H,24,26)(H,25,27). The largest absolute Gasteiger partial charge is 0.352 e. The van der Waals surface area contributed by atoms with Crippen molar-refractivity contribution in [2.24, 2.45) is 11.8 Å². The molecule has 0 radical (unpaired) electrons. The molecule has 0 aromatic heterocycles. The zero-order chi connectivity index (χ0) is 19.1. The van der Waals surface area contributed by atoms with Gasteiger partial charge in [0.1, 0.15) is 0 Å². The van der Waals surface area contributed by atoms with Gasteiger partial charge in [-0.3, -0.25) is 9.59 Å². The first-order valence-corrected chi connectivity index (χ1v) is 9.84. The van der Waals surface area contributed by atoms with Gasteiger partial charge in [-0.1, -0.05) is 60.1 Å². The zero-order valence-electron chi connectivity index (χ0n) is 15.3. The summed E-state index contributed by atoms with van der Waals surface area (Å²) in [5, 5.41) is 6.65. The lowest BCUT2D eigenvalue weighted by atomic mass is 9.81. The Morgan fingerprint density at radius 2 is 1.30 bits per heavy atom. The number of carbonyl (C=O) groups excluding carboxylic acids is 2. The summed E-state index contributed by atoms with van der Waals surface area (Å²) in [7, 11) is 0. The molecule has 4 nitrogen and oxygen atoms in total. The lowest BCUT2D eigenvalue weighted by Gasteiger charge is -2.27. The van der Waals surface area contributed by atoms with E-state index in [0.29, 0.717) is 18.1 Å². The van der Waals surface area contributed by atoms with Gasteiger partial charge in [0.25, 0.3) is 0 Å². The highest BCUT2D eigenvalue weighted by Gasteiger charge is 2.29. The predicted molar refractivity (Wildman–Crippen MR) is 107 cm³/mol. The molecule has 1 fully saturated rings. The minimum Gasteiger partial charge on any atom is -0.352 e. The van der Waals surface area contributed by atoms with Gasteiger partial charge in [-0.15, -0.1) is 0 Å². The molecule has 1 aliphatic rings. The summed E-state index contributed by atoms with van der Waals surface area (Å²) < 4.78 is 0. The summed E-state index contributed by atoms with van der Waals surface area (Å²) in [6, 6.07) is 17.4. The zero-order valence-corrected chi connectivity index (χ0v) is 16.0. The molecule has 2 N–H and O–H groups in total. The Labute approximate surface area is 165 Å². The van der Waals surface area contributed by atoms with Crippen LogP contribution in [-0.4, -0.2) is 11.8 Å². The molecule has 0 bridgehead atoms. The second-order valence-corrected chi connectivity index (χ2v) is 7.47. The van der Waals surface area contributed by atoms with Crippen LogP contribution in [0.25, 0.3) is 0 Å². The molecule has 0 atom stereocenters. The third-order valence-corrected chi connectivity index (χ3v) is 5.56. The van der Waals surface area contributed by atoms with Gasteiger partial charge < -0.3 is 10.6 Å². The minimum atomic E-state index is -0.0225. The fourth-order valence-corrected chi connectivity index (χ4v) is 3.72. The average Bonchev–Trinajstić information content (AvgIpc) is 2.72. The molecule has 5 heteroatoms. The highest BCUT2D eigenvalue weighted by molar-refractivity contribution is 6.31. The monoisotopic (exact) mass is 384 g/mol. The van der Waals surface area contributed by atoms with Crippen LogP contribution in [-0.2, 0) is 22.7 Å². The number of amides is 2. The lowest BCUT2D eigenvalue weighted by Crippen LogP contribution is -2.37.